The summed E-state index contributed by atoms with van der Waals surface area (Å²) in [5, 5.41) is 38.5. The number of hydrogen-bond acceptors (Lipinski definition) is 7. The normalized spacial score (nSPS) is 19.3. The molecule has 0 aromatic heterocycles. The summed E-state index contributed by atoms with van der Waals surface area (Å²) in [6, 6.07) is 2.10. The number of rotatable bonds is 10. The van der Waals surface area contributed by atoms with Gasteiger partial charge < -0.3 is 36.6 Å². The van der Waals surface area contributed by atoms with Crippen LogP contribution in [0.3, 0.4) is 0 Å². The first kappa shape index (κ1) is 25.1. The fourth-order valence-corrected chi connectivity index (χ4v) is 3.30. The maximum atomic E-state index is 12.9. The molecule has 2 rings (SSSR count). The predicted octanol–water partition coefficient (Wildman–Crippen LogP) is -1.37. The summed E-state index contributed by atoms with van der Waals surface area (Å²) in [7, 11) is 0. The lowest BCUT2D eigenvalue weighted by atomic mass is 10.0. The molecule has 32 heavy (non-hydrogen) atoms. The minimum Gasteiger partial charge on any atom is -0.508 e. The van der Waals surface area contributed by atoms with Gasteiger partial charge in [0, 0.05) is 6.42 Å². The molecule has 0 bridgehead atoms. The summed E-state index contributed by atoms with van der Waals surface area (Å²) in [5.41, 5.74) is 0.680. The van der Waals surface area contributed by atoms with Gasteiger partial charge in [-0.15, -0.1) is 0 Å². The van der Waals surface area contributed by atoms with Gasteiger partial charge in [-0.2, -0.15) is 0 Å². The zero-order chi connectivity index (χ0) is 23.8. The highest BCUT2D eigenvalue weighted by molar-refractivity contribution is 5.94. The molecule has 1 fully saturated rings. The van der Waals surface area contributed by atoms with Crippen LogP contribution in [-0.2, 0) is 25.6 Å². The Hall–Kier alpha value is -3.18. The molecule has 1 aliphatic rings. The Morgan fingerprint density at radius 3 is 2.25 bits per heavy atom. The molecule has 1 aliphatic heterocycles. The molecular formula is C21H30N4O7. The van der Waals surface area contributed by atoms with Gasteiger partial charge in [-0.3, -0.25) is 14.4 Å². The van der Waals surface area contributed by atoms with Crippen molar-refractivity contribution in [3.63, 3.8) is 0 Å². The number of aliphatic hydroxyl groups is 1. The van der Waals surface area contributed by atoms with Crippen molar-refractivity contribution in [3.05, 3.63) is 29.8 Å². The van der Waals surface area contributed by atoms with Crippen LogP contribution in [0.4, 0.5) is 0 Å². The molecule has 5 unspecified atom stereocenters. The van der Waals surface area contributed by atoms with Crippen molar-refractivity contribution in [2.45, 2.75) is 63.4 Å². The summed E-state index contributed by atoms with van der Waals surface area (Å²) < 4.78 is 0. The molecule has 0 radical (unpaired) electrons. The first-order valence-corrected chi connectivity index (χ1v) is 10.4. The highest BCUT2D eigenvalue weighted by Crippen LogP contribution is 2.12. The van der Waals surface area contributed by atoms with Gasteiger partial charge in [0.1, 0.15) is 17.8 Å². The van der Waals surface area contributed by atoms with Crippen LogP contribution >= 0.6 is 0 Å². The summed E-state index contributed by atoms with van der Waals surface area (Å²) in [5.74, 6) is -3.10. The van der Waals surface area contributed by atoms with Gasteiger partial charge >= 0.3 is 5.97 Å². The van der Waals surface area contributed by atoms with Crippen LogP contribution < -0.4 is 21.3 Å². The van der Waals surface area contributed by atoms with Crippen molar-refractivity contribution in [1.82, 2.24) is 21.3 Å². The number of nitrogens with one attached hydrogen (secondary N) is 4. The van der Waals surface area contributed by atoms with Gasteiger partial charge in [-0.1, -0.05) is 12.1 Å². The second-order valence-corrected chi connectivity index (χ2v) is 7.88. The van der Waals surface area contributed by atoms with E-state index in [0.29, 0.717) is 18.5 Å². The van der Waals surface area contributed by atoms with Crippen LogP contribution in [0, 0.1) is 0 Å². The SMILES string of the molecule is CC(NC(=O)C(Cc1ccc(O)cc1)NC(=O)C1CCCN1)C(=O)NC(C(=O)O)C(C)O. The van der Waals surface area contributed by atoms with Crippen molar-refractivity contribution in [1.29, 1.82) is 0 Å². The number of hydrogen-bond donors (Lipinski definition) is 7. The predicted molar refractivity (Wildman–Crippen MR) is 114 cm³/mol. The molecule has 7 N–H and O–H groups in total. The molecular weight excluding hydrogens is 420 g/mol. The van der Waals surface area contributed by atoms with Crippen molar-refractivity contribution in [2.75, 3.05) is 6.54 Å². The molecule has 0 saturated carbocycles. The number of benzene rings is 1. The molecule has 0 spiro atoms. The number of phenolic OH excluding ortho intramolecular Hbond substituents is 1. The van der Waals surface area contributed by atoms with Gasteiger partial charge in [0.25, 0.3) is 0 Å². The van der Waals surface area contributed by atoms with Crippen LogP contribution in [0.2, 0.25) is 0 Å². The number of aliphatic hydroxyl groups excluding tert-OH is 1. The van der Waals surface area contributed by atoms with Crippen molar-refractivity contribution >= 4 is 23.7 Å². The lowest BCUT2D eigenvalue weighted by molar-refractivity contribution is -0.145. The lowest BCUT2D eigenvalue weighted by Crippen LogP contribution is -2.57. The van der Waals surface area contributed by atoms with E-state index in [-0.39, 0.29) is 18.1 Å². The third-order valence-electron chi connectivity index (χ3n) is 5.18. The van der Waals surface area contributed by atoms with Gasteiger partial charge in [0.15, 0.2) is 6.04 Å². The molecule has 0 aliphatic carbocycles. The van der Waals surface area contributed by atoms with Crippen molar-refractivity contribution in [3.8, 4) is 5.75 Å². The van der Waals surface area contributed by atoms with E-state index < -0.39 is 48.1 Å². The van der Waals surface area contributed by atoms with Crippen LogP contribution in [0.25, 0.3) is 0 Å². The number of amides is 3. The van der Waals surface area contributed by atoms with Crippen LogP contribution in [0.15, 0.2) is 24.3 Å². The van der Waals surface area contributed by atoms with Crippen LogP contribution in [0.1, 0.15) is 32.3 Å². The number of aromatic hydroxyl groups is 1. The monoisotopic (exact) mass is 450 g/mol. The van der Waals surface area contributed by atoms with E-state index >= 15 is 0 Å². The van der Waals surface area contributed by atoms with Gasteiger partial charge in [0.05, 0.1) is 12.1 Å². The largest absolute Gasteiger partial charge is 0.508 e. The van der Waals surface area contributed by atoms with Gasteiger partial charge in [0.2, 0.25) is 17.7 Å². The highest BCUT2D eigenvalue weighted by Gasteiger charge is 2.31. The number of aliphatic carboxylic acids is 1. The number of carbonyl (C=O) groups is 4. The van der Waals surface area contributed by atoms with Crippen molar-refractivity contribution < 1.29 is 34.5 Å². The molecule has 3 amide bonds. The Labute approximate surface area is 185 Å². The molecule has 1 heterocycles. The van der Waals surface area contributed by atoms with Gasteiger partial charge in [-0.05, 0) is 50.9 Å². The van der Waals surface area contributed by atoms with Crippen LogP contribution in [0.5, 0.6) is 5.75 Å². The number of carboxylic acid groups (broad SMARTS) is 1. The van der Waals surface area contributed by atoms with E-state index in [1.54, 1.807) is 12.1 Å². The first-order valence-electron chi connectivity index (χ1n) is 10.4. The average Bonchev–Trinajstić information content (AvgIpc) is 3.27. The zero-order valence-corrected chi connectivity index (χ0v) is 18.0. The average molecular weight is 450 g/mol. The van der Waals surface area contributed by atoms with E-state index in [0.717, 1.165) is 6.42 Å². The molecule has 1 aromatic rings. The fourth-order valence-electron chi connectivity index (χ4n) is 3.30. The molecule has 1 saturated heterocycles. The van der Waals surface area contributed by atoms with E-state index in [4.69, 9.17) is 5.11 Å². The second-order valence-electron chi connectivity index (χ2n) is 7.88. The Morgan fingerprint density at radius 2 is 1.72 bits per heavy atom. The number of phenols is 1. The van der Waals surface area contributed by atoms with E-state index in [1.807, 2.05) is 0 Å². The molecule has 11 nitrogen and oxygen atoms in total. The smallest absolute Gasteiger partial charge is 0.328 e. The number of carboxylic acids is 1. The standard InChI is InChI=1S/C21H30N4O7/c1-11(18(28)25-17(12(2)26)21(31)32)23-20(30)16(10-13-5-7-14(27)8-6-13)24-19(29)15-4-3-9-22-15/h5-8,11-12,15-17,22,26-27H,3-4,9-10H2,1-2H3,(H,23,30)(H,24,29)(H,25,28)(H,31,32). The fraction of sp³-hybridized carbons (Fsp3) is 0.524. The zero-order valence-electron chi connectivity index (χ0n) is 18.0. The molecule has 5 atom stereocenters. The van der Waals surface area contributed by atoms with Crippen molar-refractivity contribution in [2.24, 2.45) is 0 Å². The van der Waals surface area contributed by atoms with E-state index in [9.17, 15) is 29.4 Å². The number of carbonyl (C=O) groups excluding carboxylic acids is 3. The maximum Gasteiger partial charge on any atom is 0.328 e. The summed E-state index contributed by atoms with van der Waals surface area (Å²) in [6.07, 6.45) is 0.274. The third-order valence-corrected chi connectivity index (χ3v) is 5.18. The Kier molecular flexibility index (Phi) is 8.97. The topological polar surface area (TPSA) is 177 Å². The summed E-state index contributed by atoms with van der Waals surface area (Å²) >= 11 is 0. The Bertz CT molecular complexity index is 822. The molecule has 11 heteroatoms. The third kappa shape index (κ3) is 7.20. The highest BCUT2D eigenvalue weighted by atomic mass is 16.4. The second kappa shape index (κ2) is 11.4. The van der Waals surface area contributed by atoms with Gasteiger partial charge in [-0.25, -0.2) is 4.79 Å². The Morgan fingerprint density at radius 1 is 1.06 bits per heavy atom. The minimum absolute atomic E-state index is 0.0605. The van der Waals surface area contributed by atoms with Crippen LogP contribution in [-0.4, -0.2) is 75.8 Å². The summed E-state index contributed by atoms with van der Waals surface area (Å²) in [4.78, 5) is 48.9. The van der Waals surface area contributed by atoms with E-state index in [1.165, 1.54) is 26.0 Å². The quantitative estimate of drug-likeness (QED) is 0.228. The van der Waals surface area contributed by atoms with E-state index in [2.05, 4.69) is 21.3 Å². The molecule has 176 valence electrons. The minimum atomic E-state index is -1.53. The maximum absolute atomic E-state index is 12.9. The lowest BCUT2D eigenvalue weighted by Gasteiger charge is -2.24. The summed E-state index contributed by atoms with van der Waals surface area (Å²) in [6.45, 7) is 3.30. The first-order chi connectivity index (χ1) is 15.1. The Balaban J connectivity index is 2.07. The molecule has 1 aromatic carbocycles.